The second-order valence-corrected chi connectivity index (χ2v) is 4.73. The first-order valence-electron chi connectivity index (χ1n) is 5.51. The molecule has 18 heavy (non-hydrogen) atoms. The van der Waals surface area contributed by atoms with Crippen LogP contribution in [0.3, 0.4) is 0 Å². The number of aromatic nitrogens is 3. The fourth-order valence-corrected chi connectivity index (χ4v) is 1.93. The van der Waals surface area contributed by atoms with Crippen LogP contribution in [0.15, 0.2) is 35.2 Å². The first-order valence-corrected chi connectivity index (χ1v) is 6.30. The zero-order chi connectivity index (χ0) is 13.1. The van der Waals surface area contributed by atoms with Crippen LogP contribution in [-0.2, 0) is 4.79 Å². The van der Waals surface area contributed by atoms with E-state index in [0.717, 1.165) is 10.3 Å². The molecule has 0 spiro atoms. The van der Waals surface area contributed by atoms with Gasteiger partial charge in [-0.1, -0.05) is 0 Å². The molecule has 0 aromatic carbocycles. The number of carbonyl (C=O) groups excluding carboxylic acids is 1. The third-order valence-electron chi connectivity index (χ3n) is 2.61. The standard InChI is InChI=1S/C12H13BrN4O/c1-8-10(4-5-11(13)15-8)16-12(18)9(2)17-7-3-6-14-17/h3-7,9H,1-2H3,(H,16,18). The van der Waals surface area contributed by atoms with Gasteiger partial charge in [-0.15, -0.1) is 0 Å². The van der Waals surface area contributed by atoms with Crippen LogP contribution in [0, 0.1) is 6.92 Å². The zero-order valence-electron chi connectivity index (χ0n) is 10.1. The average Bonchev–Trinajstić information content (AvgIpc) is 2.85. The topological polar surface area (TPSA) is 59.8 Å². The largest absolute Gasteiger partial charge is 0.323 e. The van der Waals surface area contributed by atoms with Crippen LogP contribution in [0.5, 0.6) is 0 Å². The van der Waals surface area contributed by atoms with Gasteiger partial charge in [-0.2, -0.15) is 5.10 Å². The molecule has 0 aliphatic heterocycles. The van der Waals surface area contributed by atoms with Crippen molar-refractivity contribution >= 4 is 27.5 Å². The van der Waals surface area contributed by atoms with E-state index < -0.39 is 0 Å². The minimum absolute atomic E-state index is 0.120. The van der Waals surface area contributed by atoms with Crippen molar-refractivity contribution in [3.63, 3.8) is 0 Å². The van der Waals surface area contributed by atoms with Crippen LogP contribution in [-0.4, -0.2) is 20.7 Å². The van der Waals surface area contributed by atoms with Gasteiger partial charge in [-0.3, -0.25) is 9.48 Å². The van der Waals surface area contributed by atoms with E-state index in [0.29, 0.717) is 5.69 Å². The Hall–Kier alpha value is -1.69. The summed E-state index contributed by atoms with van der Waals surface area (Å²) in [7, 11) is 0. The minimum atomic E-state index is -0.358. The summed E-state index contributed by atoms with van der Waals surface area (Å²) < 4.78 is 2.36. The number of pyridine rings is 1. The lowest BCUT2D eigenvalue weighted by atomic mass is 10.2. The van der Waals surface area contributed by atoms with E-state index in [-0.39, 0.29) is 11.9 Å². The molecule has 2 heterocycles. The van der Waals surface area contributed by atoms with Gasteiger partial charge in [-0.05, 0) is 48.0 Å². The second kappa shape index (κ2) is 5.30. The smallest absolute Gasteiger partial charge is 0.248 e. The number of nitrogens with zero attached hydrogens (tertiary/aromatic N) is 3. The maximum absolute atomic E-state index is 12.0. The number of aryl methyl sites for hydroxylation is 1. The monoisotopic (exact) mass is 308 g/mol. The molecule has 0 saturated heterocycles. The highest BCUT2D eigenvalue weighted by atomic mass is 79.9. The maximum atomic E-state index is 12.0. The quantitative estimate of drug-likeness (QED) is 0.886. The molecule has 94 valence electrons. The van der Waals surface area contributed by atoms with Gasteiger partial charge in [-0.25, -0.2) is 4.98 Å². The third kappa shape index (κ3) is 2.76. The van der Waals surface area contributed by atoms with Gasteiger partial charge in [0.05, 0.1) is 11.4 Å². The molecular formula is C12H13BrN4O. The Kier molecular flexibility index (Phi) is 3.76. The SMILES string of the molecule is Cc1nc(Br)ccc1NC(=O)C(C)n1cccn1. The molecule has 0 aliphatic carbocycles. The molecule has 2 aromatic heterocycles. The molecule has 1 atom stereocenters. The normalized spacial score (nSPS) is 12.2. The number of carbonyl (C=O) groups is 1. The highest BCUT2D eigenvalue weighted by molar-refractivity contribution is 9.10. The van der Waals surface area contributed by atoms with Crippen molar-refractivity contribution in [1.82, 2.24) is 14.8 Å². The third-order valence-corrected chi connectivity index (χ3v) is 3.05. The molecule has 2 aromatic rings. The summed E-state index contributed by atoms with van der Waals surface area (Å²) in [5.74, 6) is -0.120. The number of anilines is 1. The number of halogens is 1. The lowest BCUT2D eigenvalue weighted by Gasteiger charge is -2.13. The van der Waals surface area contributed by atoms with Gasteiger partial charge < -0.3 is 5.32 Å². The van der Waals surface area contributed by atoms with E-state index in [1.165, 1.54) is 0 Å². The van der Waals surface area contributed by atoms with E-state index in [2.05, 4.69) is 31.3 Å². The Morgan fingerprint density at radius 3 is 2.89 bits per heavy atom. The Morgan fingerprint density at radius 1 is 1.50 bits per heavy atom. The Morgan fingerprint density at radius 2 is 2.28 bits per heavy atom. The van der Waals surface area contributed by atoms with E-state index in [4.69, 9.17) is 0 Å². The van der Waals surface area contributed by atoms with E-state index in [1.807, 2.05) is 13.0 Å². The molecule has 1 unspecified atom stereocenters. The summed E-state index contributed by atoms with van der Waals surface area (Å²) in [4.78, 5) is 16.3. The van der Waals surface area contributed by atoms with Crippen LogP contribution in [0.25, 0.3) is 0 Å². The van der Waals surface area contributed by atoms with Crippen molar-refractivity contribution in [2.24, 2.45) is 0 Å². The van der Waals surface area contributed by atoms with E-state index >= 15 is 0 Å². The molecule has 0 radical (unpaired) electrons. The molecule has 2 rings (SSSR count). The zero-order valence-corrected chi connectivity index (χ0v) is 11.7. The first-order chi connectivity index (χ1) is 8.58. The highest BCUT2D eigenvalue weighted by Gasteiger charge is 2.15. The van der Waals surface area contributed by atoms with Gasteiger partial charge >= 0.3 is 0 Å². The fourth-order valence-electron chi connectivity index (χ4n) is 1.53. The van der Waals surface area contributed by atoms with Gasteiger partial charge in [0.25, 0.3) is 0 Å². The molecular weight excluding hydrogens is 296 g/mol. The lowest BCUT2D eigenvalue weighted by molar-refractivity contribution is -0.119. The molecule has 5 nitrogen and oxygen atoms in total. The summed E-state index contributed by atoms with van der Waals surface area (Å²) in [6.07, 6.45) is 3.41. The average molecular weight is 309 g/mol. The van der Waals surface area contributed by atoms with Crippen molar-refractivity contribution in [3.05, 3.63) is 40.9 Å². The van der Waals surface area contributed by atoms with Gasteiger partial charge in [0.1, 0.15) is 10.6 Å². The summed E-state index contributed by atoms with van der Waals surface area (Å²) in [6.45, 7) is 3.64. The summed E-state index contributed by atoms with van der Waals surface area (Å²) >= 11 is 3.29. The maximum Gasteiger partial charge on any atom is 0.248 e. The number of hydrogen-bond donors (Lipinski definition) is 1. The molecule has 6 heteroatoms. The minimum Gasteiger partial charge on any atom is -0.323 e. The predicted octanol–water partition coefficient (Wildman–Crippen LogP) is 2.55. The van der Waals surface area contributed by atoms with Crippen molar-refractivity contribution in [3.8, 4) is 0 Å². The Balaban J connectivity index is 2.12. The summed E-state index contributed by atoms with van der Waals surface area (Å²) in [5.41, 5.74) is 1.48. The van der Waals surface area contributed by atoms with Gasteiger partial charge in [0.2, 0.25) is 5.91 Å². The lowest BCUT2D eigenvalue weighted by Crippen LogP contribution is -2.24. The molecule has 0 bridgehead atoms. The van der Waals surface area contributed by atoms with Gasteiger partial charge in [0, 0.05) is 12.4 Å². The molecule has 0 fully saturated rings. The fraction of sp³-hybridized carbons (Fsp3) is 0.250. The first kappa shape index (κ1) is 12.8. The number of rotatable bonds is 3. The Bertz CT molecular complexity index is 553. The Labute approximate surface area is 113 Å². The van der Waals surface area contributed by atoms with Crippen LogP contribution in [0.2, 0.25) is 0 Å². The molecule has 1 N–H and O–H groups in total. The molecule has 1 amide bonds. The number of nitrogens with one attached hydrogen (secondary N) is 1. The highest BCUT2D eigenvalue weighted by Crippen LogP contribution is 2.17. The second-order valence-electron chi connectivity index (χ2n) is 3.92. The van der Waals surface area contributed by atoms with Crippen LogP contribution in [0.1, 0.15) is 18.7 Å². The summed E-state index contributed by atoms with van der Waals surface area (Å²) in [5, 5.41) is 6.89. The van der Waals surface area contributed by atoms with Crippen LogP contribution >= 0.6 is 15.9 Å². The van der Waals surface area contributed by atoms with Gasteiger partial charge in [0.15, 0.2) is 0 Å². The van der Waals surface area contributed by atoms with Crippen molar-refractivity contribution in [2.75, 3.05) is 5.32 Å². The van der Waals surface area contributed by atoms with E-state index in [9.17, 15) is 4.79 Å². The van der Waals surface area contributed by atoms with Crippen LogP contribution in [0.4, 0.5) is 5.69 Å². The van der Waals surface area contributed by atoms with E-state index in [1.54, 1.807) is 36.1 Å². The predicted molar refractivity (Wildman–Crippen MR) is 72.2 cm³/mol. The summed E-state index contributed by atoms with van der Waals surface area (Å²) in [6, 6.07) is 5.04. The molecule has 0 aliphatic rings. The number of hydrogen-bond acceptors (Lipinski definition) is 3. The number of amides is 1. The van der Waals surface area contributed by atoms with Crippen LogP contribution < -0.4 is 5.32 Å². The molecule has 0 saturated carbocycles. The van der Waals surface area contributed by atoms with Crippen molar-refractivity contribution in [1.29, 1.82) is 0 Å². The van der Waals surface area contributed by atoms with Crippen molar-refractivity contribution in [2.45, 2.75) is 19.9 Å². The van der Waals surface area contributed by atoms with Crippen molar-refractivity contribution < 1.29 is 4.79 Å².